The average Bonchev–Trinajstić information content (AvgIpc) is 3.00. The molecule has 43 heavy (non-hydrogen) atoms. The Balaban J connectivity index is 1.57. The van der Waals surface area contributed by atoms with E-state index < -0.39 is 27.9 Å². The van der Waals surface area contributed by atoms with Crippen molar-refractivity contribution in [3.63, 3.8) is 0 Å². The number of aryl methyl sites for hydroxylation is 2. The van der Waals surface area contributed by atoms with Gasteiger partial charge in [0.25, 0.3) is 21.8 Å². The molecule has 0 saturated carbocycles. The number of hydrogen-bond donors (Lipinski definition) is 2. The van der Waals surface area contributed by atoms with Crippen LogP contribution in [0, 0.1) is 13.8 Å². The van der Waals surface area contributed by atoms with Gasteiger partial charge in [0.2, 0.25) is 0 Å². The molecular formula is C34H36N2O4S3. The summed E-state index contributed by atoms with van der Waals surface area (Å²) in [5, 5.41) is 2.83. The predicted octanol–water partition coefficient (Wildman–Crippen LogP) is 6.76. The van der Waals surface area contributed by atoms with E-state index in [1.807, 2.05) is 74.7 Å². The van der Waals surface area contributed by atoms with Crippen LogP contribution in [0.1, 0.15) is 39.0 Å². The van der Waals surface area contributed by atoms with Crippen molar-refractivity contribution in [2.45, 2.75) is 42.7 Å². The highest BCUT2D eigenvalue weighted by Gasteiger charge is 2.27. The molecule has 4 rings (SSSR count). The molecule has 0 spiro atoms. The average molecular weight is 633 g/mol. The maximum atomic E-state index is 13.8. The molecule has 4 aromatic rings. The van der Waals surface area contributed by atoms with E-state index in [0.29, 0.717) is 11.3 Å². The number of sulfonamides is 1. The van der Waals surface area contributed by atoms with Gasteiger partial charge in [0.1, 0.15) is 6.04 Å². The van der Waals surface area contributed by atoms with Crippen LogP contribution in [-0.4, -0.2) is 38.3 Å². The lowest BCUT2D eigenvalue weighted by atomic mass is 9.94. The molecule has 0 fully saturated rings. The van der Waals surface area contributed by atoms with Gasteiger partial charge in [-0.15, -0.1) is 0 Å². The van der Waals surface area contributed by atoms with Crippen molar-refractivity contribution in [2.24, 2.45) is 0 Å². The van der Waals surface area contributed by atoms with Gasteiger partial charge in [-0.3, -0.25) is 9.59 Å². The number of benzene rings is 4. The van der Waals surface area contributed by atoms with Gasteiger partial charge >= 0.3 is 0 Å². The second-order valence-corrected chi connectivity index (χ2v) is 13.9. The Morgan fingerprint density at radius 3 is 2.16 bits per heavy atom. The molecule has 0 aliphatic rings. The fourth-order valence-electron chi connectivity index (χ4n) is 4.56. The topological polar surface area (TPSA) is 92.3 Å². The zero-order valence-corrected chi connectivity index (χ0v) is 27.0. The summed E-state index contributed by atoms with van der Waals surface area (Å²) in [5.41, 5.74) is 6.37. The van der Waals surface area contributed by atoms with Crippen molar-refractivity contribution in [1.82, 2.24) is 10.0 Å². The van der Waals surface area contributed by atoms with E-state index in [9.17, 15) is 18.0 Å². The summed E-state index contributed by atoms with van der Waals surface area (Å²) in [6.07, 6.45) is 2.17. The predicted molar refractivity (Wildman–Crippen MR) is 179 cm³/mol. The Morgan fingerprint density at radius 1 is 0.791 bits per heavy atom. The molecule has 0 aromatic heterocycles. The second-order valence-electron chi connectivity index (χ2n) is 10.3. The van der Waals surface area contributed by atoms with Crippen LogP contribution in [-0.2, 0) is 26.3 Å². The highest BCUT2D eigenvalue weighted by Crippen LogP contribution is 2.30. The lowest BCUT2D eigenvalue weighted by molar-refractivity contribution is -0.121. The van der Waals surface area contributed by atoms with Crippen molar-refractivity contribution in [3.05, 3.63) is 125 Å². The van der Waals surface area contributed by atoms with Gasteiger partial charge in [0.05, 0.1) is 4.90 Å². The molecule has 1 atom stereocenters. The molecule has 0 heterocycles. The number of carbonyl (C=O) groups excluding carboxylic acids is 2. The van der Waals surface area contributed by atoms with Gasteiger partial charge in [0.15, 0.2) is 0 Å². The van der Waals surface area contributed by atoms with Gasteiger partial charge in [-0.05, 0) is 84.4 Å². The zero-order chi connectivity index (χ0) is 30.8. The maximum Gasteiger partial charge on any atom is 0.264 e. The fourth-order valence-corrected chi connectivity index (χ4v) is 6.99. The number of rotatable bonds is 13. The Morgan fingerprint density at radius 2 is 1.47 bits per heavy atom. The first-order chi connectivity index (χ1) is 20.7. The molecule has 0 saturated heterocycles. The Hall–Kier alpha value is -3.53. The third-order valence-corrected chi connectivity index (χ3v) is 10.0. The molecule has 2 amide bonds. The van der Waals surface area contributed by atoms with Crippen LogP contribution in [0.2, 0.25) is 0 Å². The highest BCUT2D eigenvalue weighted by atomic mass is 32.2. The summed E-state index contributed by atoms with van der Waals surface area (Å²) >= 11 is 3.31. The number of carbonyl (C=O) groups is 2. The third kappa shape index (κ3) is 8.98. The van der Waals surface area contributed by atoms with Gasteiger partial charge in [-0.2, -0.15) is 23.5 Å². The van der Waals surface area contributed by atoms with Gasteiger partial charge in [-0.1, -0.05) is 78.4 Å². The molecule has 0 radical (unpaired) electrons. The van der Waals surface area contributed by atoms with E-state index in [1.54, 1.807) is 30.0 Å². The fraction of sp³-hybridized carbons (Fsp3) is 0.235. The first-order valence-electron chi connectivity index (χ1n) is 13.9. The molecule has 0 aliphatic heterocycles. The van der Waals surface area contributed by atoms with E-state index in [4.69, 9.17) is 0 Å². The van der Waals surface area contributed by atoms with Crippen LogP contribution >= 0.6 is 23.5 Å². The number of nitrogens with one attached hydrogen (secondary N) is 2. The molecule has 0 bridgehead atoms. The van der Waals surface area contributed by atoms with E-state index >= 15 is 0 Å². The van der Waals surface area contributed by atoms with Crippen molar-refractivity contribution >= 4 is 45.4 Å². The van der Waals surface area contributed by atoms with Crippen LogP contribution in [0.4, 0.5) is 0 Å². The summed E-state index contributed by atoms with van der Waals surface area (Å²) < 4.78 is 28.0. The summed E-state index contributed by atoms with van der Waals surface area (Å²) in [7, 11) is -4.10. The summed E-state index contributed by atoms with van der Waals surface area (Å²) in [6.45, 7) is 3.85. The molecule has 6 nitrogen and oxygen atoms in total. The molecule has 2 N–H and O–H groups in total. The molecule has 0 aliphatic carbocycles. The van der Waals surface area contributed by atoms with Crippen LogP contribution in [0.25, 0.3) is 11.1 Å². The highest BCUT2D eigenvalue weighted by molar-refractivity contribution is 7.98. The van der Waals surface area contributed by atoms with Crippen molar-refractivity contribution in [1.29, 1.82) is 0 Å². The molecule has 224 valence electrons. The van der Waals surface area contributed by atoms with Crippen molar-refractivity contribution in [3.8, 4) is 11.1 Å². The quantitative estimate of drug-likeness (QED) is 0.169. The number of thioether (sulfide) groups is 2. The summed E-state index contributed by atoms with van der Waals surface area (Å²) in [4.78, 5) is 27.0. The van der Waals surface area contributed by atoms with Gasteiger partial charge < -0.3 is 5.32 Å². The van der Waals surface area contributed by atoms with E-state index in [0.717, 1.165) is 39.3 Å². The smallest absolute Gasteiger partial charge is 0.264 e. The second kappa shape index (κ2) is 15.3. The molecule has 1 unspecified atom stereocenters. The lowest BCUT2D eigenvalue weighted by Crippen LogP contribution is -2.48. The first-order valence-corrected chi connectivity index (χ1v) is 17.9. The minimum absolute atomic E-state index is 0.0102. The van der Waals surface area contributed by atoms with E-state index in [2.05, 4.69) is 22.2 Å². The Bertz CT molecular complexity index is 1660. The minimum atomic E-state index is -4.10. The van der Waals surface area contributed by atoms with Crippen LogP contribution < -0.4 is 10.0 Å². The minimum Gasteiger partial charge on any atom is -0.340 e. The number of hydrogen-bond acceptors (Lipinski definition) is 6. The Labute approximate surface area is 263 Å². The molecule has 9 heteroatoms. The maximum absolute atomic E-state index is 13.8. The normalized spacial score (nSPS) is 12.0. The van der Waals surface area contributed by atoms with Crippen LogP contribution in [0.3, 0.4) is 0 Å². The van der Waals surface area contributed by atoms with Crippen molar-refractivity contribution in [2.75, 3.05) is 12.0 Å². The zero-order valence-electron chi connectivity index (χ0n) is 24.5. The standard InChI is InChI=1S/C34H36N2O4S3/c1-24-13-16-28(17-14-24)43(39,40)36-34(38)32(19-20-41-3)35-33(37)30-18-15-27(23-42-22-26-10-5-4-6-11-26)21-31(30)29-12-8-7-9-25(29)2/h4-18,21,32H,19-20,22-23H2,1-3H3,(H,35,37)(H,36,38). The summed E-state index contributed by atoms with van der Waals surface area (Å²) in [5.74, 6) is 1.00. The number of amides is 2. The molecular weight excluding hydrogens is 597 g/mol. The summed E-state index contributed by atoms with van der Waals surface area (Å²) in [6, 6.07) is 29.1. The Kier molecular flexibility index (Phi) is 11.5. The molecule has 4 aromatic carbocycles. The SMILES string of the molecule is CSCCC(NC(=O)c1ccc(CSCc2ccccc2)cc1-c1ccccc1C)C(=O)NS(=O)(=O)c1ccc(C)cc1. The van der Waals surface area contributed by atoms with E-state index in [-0.39, 0.29) is 11.3 Å². The van der Waals surface area contributed by atoms with Gasteiger partial charge in [-0.25, -0.2) is 13.1 Å². The van der Waals surface area contributed by atoms with Gasteiger partial charge in [0, 0.05) is 17.1 Å². The monoisotopic (exact) mass is 632 g/mol. The largest absolute Gasteiger partial charge is 0.340 e. The first kappa shape index (κ1) is 32.4. The van der Waals surface area contributed by atoms with E-state index in [1.165, 1.54) is 29.5 Å². The van der Waals surface area contributed by atoms with Crippen molar-refractivity contribution < 1.29 is 18.0 Å². The third-order valence-electron chi connectivity index (χ3n) is 6.94. The lowest BCUT2D eigenvalue weighted by Gasteiger charge is -2.20. The van der Waals surface area contributed by atoms with Crippen LogP contribution in [0.5, 0.6) is 0 Å². The van der Waals surface area contributed by atoms with Crippen LogP contribution in [0.15, 0.2) is 102 Å².